The van der Waals surface area contributed by atoms with Crippen LogP contribution in [0.4, 0.5) is 5.13 Å². The van der Waals surface area contributed by atoms with E-state index in [0.29, 0.717) is 16.5 Å². The van der Waals surface area contributed by atoms with Crippen molar-refractivity contribution >= 4 is 22.4 Å². The molecule has 0 fully saturated rings. The fraction of sp³-hybridized carbons (Fsp3) is 0.0769. The molecule has 9 heteroatoms. The number of tetrazole rings is 1. The van der Waals surface area contributed by atoms with Gasteiger partial charge in [-0.3, -0.25) is 10.1 Å². The van der Waals surface area contributed by atoms with E-state index in [1.54, 1.807) is 36.8 Å². The van der Waals surface area contributed by atoms with E-state index in [1.807, 2.05) is 6.07 Å². The Balaban J connectivity index is 1.95. The number of anilines is 1. The molecule has 0 aliphatic rings. The molecule has 1 N–H and O–H groups in total. The van der Waals surface area contributed by atoms with E-state index in [9.17, 15) is 10.1 Å². The van der Waals surface area contributed by atoms with Crippen LogP contribution in [-0.2, 0) is 7.05 Å². The van der Waals surface area contributed by atoms with Gasteiger partial charge in [-0.15, -0.1) is 16.4 Å². The van der Waals surface area contributed by atoms with Gasteiger partial charge in [0.1, 0.15) is 0 Å². The van der Waals surface area contributed by atoms with E-state index in [0.717, 1.165) is 0 Å². The standard InChI is InChI=1S/C13H9N7OS/c1-20-11(17-18-19-20)8-2-3-10(9(6-8)7-14)12(21)16-13-15-4-5-22-13/h2-6H,1H3,(H,15,16,21). The maximum atomic E-state index is 12.2. The molecule has 0 bridgehead atoms. The fourth-order valence-electron chi connectivity index (χ4n) is 1.90. The van der Waals surface area contributed by atoms with Crippen molar-refractivity contribution in [1.82, 2.24) is 25.2 Å². The molecule has 3 aromatic rings. The molecule has 0 atom stereocenters. The quantitative estimate of drug-likeness (QED) is 0.784. The Morgan fingerprint density at radius 1 is 1.45 bits per heavy atom. The molecule has 1 amide bonds. The third kappa shape index (κ3) is 2.55. The largest absolute Gasteiger partial charge is 0.298 e. The number of nitrogens with one attached hydrogen (secondary N) is 1. The number of carbonyl (C=O) groups is 1. The zero-order valence-electron chi connectivity index (χ0n) is 11.4. The topological polar surface area (TPSA) is 109 Å². The van der Waals surface area contributed by atoms with Crippen LogP contribution in [0.2, 0.25) is 0 Å². The summed E-state index contributed by atoms with van der Waals surface area (Å²) in [7, 11) is 1.70. The molecule has 0 aliphatic heterocycles. The van der Waals surface area contributed by atoms with Crippen LogP contribution in [-0.4, -0.2) is 31.1 Å². The highest BCUT2D eigenvalue weighted by Crippen LogP contribution is 2.21. The highest BCUT2D eigenvalue weighted by atomic mass is 32.1. The first kappa shape index (κ1) is 13.8. The van der Waals surface area contributed by atoms with Gasteiger partial charge >= 0.3 is 0 Å². The molecule has 0 radical (unpaired) electrons. The molecule has 2 aromatic heterocycles. The van der Waals surface area contributed by atoms with Gasteiger partial charge in [0.25, 0.3) is 5.91 Å². The minimum Gasteiger partial charge on any atom is -0.298 e. The Hall–Kier alpha value is -3.12. The van der Waals surface area contributed by atoms with Gasteiger partial charge in [0.15, 0.2) is 11.0 Å². The van der Waals surface area contributed by atoms with Crippen molar-refractivity contribution in [3.63, 3.8) is 0 Å². The number of nitrogens with zero attached hydrogens (tertiary/aromatic N) is 6. The SMILES string of the molecule is Cn1nnnc1-c1ccc(C(=O)Nc2nccs2)c(C#N)c1. The number of hydrogen-bond acceptors (Lipinski definition) is 7. The van der Waals surface area contributed by atoms with Crippen molar-refractivity contribution in [1.29, 1.82) is 5.26 Å². The van der Waals surface area contributed by atoms with Gasteiger partial charge in [0.2, 0.25) is 0 Å². The number of aromatic nitrogens is 5. The van der Waals surface area contributed by atoms with E-state index < -0.39 is 0 Å². The Labute approximate surface area is 129 Å². The normalized spacial score (nSPS) is 10.2. The monoisotopic (exact) mass is 311 g/mol. The van der Waals surface area contributed by atoms with Gasteiger partial charge in [-0.25, -0.2) is 9.67 Å². The number of amides is 1. The van der Waals surface area contributed by atoms with Crippen LogP contribution in [0, 0.1) is 11.3 Å². The third-order valence-corrected chi connectivity index (χ3v) is 3.60. The maximum Gasteiger partial charge on any atom is 0.258 e. The molecule has 0 saturated carbocycles. The summed E-state index contributed by atoms with van der Waals surface area (Å²) in [5.74, 6) is 0.137. The number of aryl methyl sites for hydroxylation is 1. The molecule has 108 valence electrons. The smallest absolute Gasteiger partial charge is 0.258 e. The Kier molecular flexibility index (Phi) is 3.59. The summed E-state index contributed by atoms with van der Waals surface area (Å²) < 4.78 is 1.49. The van der Waals surface area contributed by atoms with Gasteiger partial charge in [-0.2, -0.15) is 5.26 Å². The number of benzene rings is 1. The van der Waals surface area contributed by atoms with Crippen molar-refractivity contribution in [2.45, 2.75) is 0 Å². The zero-order valence-corrected chi connectivity index (χ0v) is 12.2. The summed E-state index contributed by atoms with van der Waals surface area (Å²) in [5.41, 5.74) is 1.18. The van der Waals surface area contributed by atoms with Crippen LogP contribution >= 0.6 is 11.3 Å². The van der Waals surface area contributed by atoms with Crippen molar-refractivity contribution in [3.05, 3.63) is 40.9 Å². The lowest BCUT2D eigenvalue weighted by Crippen LogP contribution is -2.13. The van der Waals surface area contributed by atoms with Gasteiger partial charge in [-0.05, 0) is 22.6 Å². The lowest BCUT2D eigenvalue weighted by molar-refractivity contribution is 0.102. The number of thiazole rings is 1. The van der Waals surface area contributed by atoms with Gasteiger partial charge in [-0.1, -0.05) is 6.07 Å². The number of hydrogen-bond donors (Lipinski definition) is 1. The molecule has 0 unspecified atom stereocenters. The summed E-state index contributed by atoms with van der Waals surface area (Å²) in [6.07, 6.45) is 1.59. The summed E-state index contributed by atoms with van der Waals surface area (Å²) in [6, 6.07) is 6.88. The Morgan fingerprint density at radius 2 is 2.32 bits per heavy atom. The second-order valence-corrected chi connectivity index (χ2v) is 5.18. The van der Waals surface area contributed by atoms with Crippen LogP contribution in [0.3, 0.4) is 0 Å². The van der Waals surface area contributed by atoms with Crippen molar-refractivity contribution in [2.75, 3.05) is 5.32 Å². The highest BCUT2D eigenvalue weighted by Gasteiger charge is 2.15. The molecule has 3 rings (SSSR count). The average molecular weight is 311 g/mol. The lowest BCUT2D eigenvalue weighted by Gasteiger charge is -2.06. The molecule has 22 heavy (non-hydrogen) atoms. The molecular weight excluding hydrogens is 302 g/mol. The minimum atomic E-state index is -0.380. The first-order valence-corrected chi connectivity index (χ1v) is 7.04. The lowest BCUT2D eigenvalue weighted by atomic mass is 10.0. The Bertz CT molecular complexity index is 863. The summed E-state index contributed by atoms with van der Waals surface area (Å²) in [6.45, 7) is 0. The molecule has 8 nitrogen and oxygen atoms in total. The molecule has 0 spiro atoms. The second-order valence-electron chi connectivity index (χ2n) is 4.29. The predicted octanol–water partition coefficient (Wildman–Crippen LogP) is 1.46. The van der Waals surface area contributed by atoms with Gasteiger partial charge < -0.3 is 0 Å². The Morgan fingerprint density at radius 3 is 2.95 bits per heavy atom. The maximum absolute atomic E-state index is 12.2. The molecule has 0 aliphatic carbocycles. The van der Waals surface area contributed by atoms with Gasteiger partial charge in [0.05, 0.1) is 17.2 Å². The summed E-state index contributed by atoms with van der Waals surface area (Å²) in [5, 5.41) is 25.3. The number of carbonyl (C=O) groups excluding carboxylic acids is 1. The van der Waals surface area contributed by atoms with Crippen molar-refractivity contribution in [3.8, 4) is 17.5 Å². The second kappa shape index (κ2) is 5.71. The van der Waals surface area contributed by atoms with Crippen LogP contribution in [0.1, 0.15) is 15.9 Å². The predicted molar refractivity (Wildman–Crippen MR) is 79.0 cm³/mol. The van der Waals surface area contributed by atoms with Gasteiger partial charge in [0, 0.05) is 24.2 Å². The van der Waals surface area contributed by atoms with E-state index in [-0.39, 0.29) is 17.0 Å². The van der Waals surface area contributed by atoms with E-state index in [4.69, 9.17) is 0 Å². The molecule has 0 saturated heterocycles. The van der Waals surface area contributed by atoms with Crippen LogP contribution in [0.5, 0.6) is 0 Å². The first-order valence-electron chi connectivity index (χ1n) is 6.17. The number of nitriles is 1. The average Bonchev–Trinajstić information content (AvgIpc) is 3.18. The minimum absolute atomic E-state index is 0.245. The third-order valence-electron chi connectivity index (χ3n) is 2.92. The van der Waals surface area contributed by atoms with E-state index >= 15 is 0 Å². The highest BCUT2D eigenvalue weighted by molar-refractivity contribution is 7.13. The number of rotatable bonds is 3. The molecule has 2 heterocycles. The van der Waals surface area contributed by atoms with E-state index in [2.05, 4.69) is 25.8 Å². The van der Waals surface area contributed by atoms with E-state index in [1.165, 1.54) is 16.0 Å². The van der Waals surface area contributed by atoms with Crippen LogP contribution in [0.15, 0.2) is 29.8 Å². The molecular formula is C13H9N7OS. The summed E-state index contributed by atoms with van der Waals surface area (Å²) >= 11 is 1.31. The van der Waals surface area contributed by atoms with Crippen molar-refractivity contribution in [2.24, 2.45) is 7.05 Å². The van der Waals surface area contributed by atoms with Crippen LogP contribution < -0.4 is 5.32 Å². The summed E-state index contributed by atoms with van der Waals surface area (Å²) in [4.78, 5) is 16.2. The van der Waals surface area contributed by atoms with Crippen LogP contribution in [0.25, 0.3) is 11.4 Å². The molecule has 1 aromatic carbocycles. The van der Waals surface area contributed by atoms with Crippen molar-refractivity contribution < 1.29 is 4.79 Å². The fourth-order valence-corrected chi connectivity index (χ4v) is 2.42. The zero-order chi connectivity index (χ0) is 15.5. The first-order chi connectivity index (χ1) is 10.7.